The molecule has 17 heavy (non-hydrogen) atoms. The molecule has 0 amide bonds. The molecule has 0 aromatic rings. The molecule has 0 spiro atoms. The Bertz CT molecular complexity index is 277. The summed E-state index contributed by atoms with van der Waals surface area (Å²) < 4.78 is 0. The third-order valence-corrected chi connectivity index (χ3v) is 5.88. The van der Waals surface area contributed by atoms with Crippen molar-refractivity contribution < 1.29 is 5.11 Å². The summed E-state index contributed by atoms with van der Waals surface area (Å²) in [6.45, 7) is 7.55. The maximum Gasteiger partial charge on any atom is 0.0741 e. The minimum atomic E-state index is -0.488. The van der Waals surface area contributed by atoms with Crippen LogP contribution in [0.4, 0.5) is 0 Å². The van der Waals surface area contributed by atoms with Gasteiger partial charge in [-0.2, -0.15) is 0 Å². The smallest absolute Gasteiger partial charge is 0.0741 e. The van der Waals surface area contributed by atoms with Crippen molar-refractivity contribution in [2.24, 2.45) is 22.5 Å². The van der Waals surface area contributed by atoms with E-state index in [0.717, 1.165) is 19.3 Å². The van der Waals surface area contributed by atoms with E-state index in [1.165, 1.54) is 25.7 Å². The standard InChI is InChI=1S/C15H29NO/c1-12-5-4-6-15(12,17)14(11-16)9-7-13(2,3)8-10-14/h12,17H,4-11,16H2,1-3H3. The molecule has 2 atom stereocenters. The summed E-state index contributed by atoms with van der Waals surface area (Å²) in [6.07, 6.45) is 7.93. The molecule has 0 aromatic carbocycles. The minimum Gasteiger partial charge on any atom is -0.389 e. The van der Waals surface area contributed by atoms with E-state index >= 15 is 0 Å². The van der Waals surface area contributed by atoms with E-state index in [9.17, 15) is 5.11 Å². The van der Waals surface area contributed by atoms with E-state index in [-0.39, 0.29) is 5.41 Å². The number of rotatable bonds is 2. The topological polar surface area (TPSA) is 46.2 Å². The molecule has 2 unspecified atom stereocenters. The molecule has 0 bridgehead atoms. The number of nitrogens with two attached hydrogens (primary N) is 1. The third kappa shape index (κ3) is 2.04. The largest absolute Gasteiger partial charge is 0.389 e. The molecule has 2 aliphatic rings. The Kier molecular flexibility index (Phi) is 3.33. The van der Waals surface area contributed by atoms with Crippen LogP contribution in [0.3, 0.4) is 0 Å². The zero-order valence-corrected chi connectivity index (χ0v) is 11.8. The summed E-state index contributed by atoms with van der Waals surface area (Å²) in [5.74, 6) is 0.423. The van der Waals surface area contributed by atoms with Crippen LogP contribution in [0.1, 0.15) is 65.7 Å². The van der Waals surface area contributed by atoms with Crippen molar-refractivity contribution >= 4 is 0 Å². The van der Waals surface area contributed by atoms with Crippen molar-refractivity contribution in [3.8, 4) is 0 Å². The van der Waals surface area contributed by atoms with E-state index in [1.54, 1.807) is 0 Å². The fourth-order valence-corrected chi connectivity index (χ4v) is 4.17. The van der Waals surface area contributed by atoms with Gasteiger partial charge in [-0.25, -0.2) is 0 Å². The average Bonchev–Trinajstić information content (AvgIpc) is 2.61. The summed E-state index contributed by atoms with van der Waals surface area (Å²) >= 11 is 0. The highest BCUT2D eigenvalue weighted by Gasteiger charge is 2.55. The second-order valence-corrected chi connectivity index (χ2v) is 7.37. The Hall–Kier alpha value is -0.0800. The first-order valence-corrected chi connectivity index (χ1v) is 7.28. The maximum absolute atomic E-state index is 11.1. The van der Waals surface area contributed by atoms with Crippen molar-refractivity contribution in [3.63, 3.8) is 0 Å². The Balaban J connectivity index is 2.21. The normalized spacial score (nSPS) is 40.4. The van der Waals surface area contributed by atoms with Gasteiger partial charge >= 0.3 is 0 Å². The van der Waals surface area contributed by atoms with E-state index in [1.807, 2.05) is 0 Å². The lowest BCUT2D eigenvalue weighted by Gasteiger charge is -2.53. The molecule has 2 heteroatoms. The zero-order valence-electron chi connectivity index (χ0n) is 11.8. The molecule has 2 rings (SSSR count). The molecule has 2 nitrogen and oxygen atoms in total. The van der Waals surface area contributed by atoms with E-state index < -0.39 is 5.60 Å². The third-order valence-electron chi connectivity index (χ3n) is 5.88. The first-order valence-electron chi connectivity index (χ1n) is 7.28. The molecular weight excluding hydrogens is 210 g/mol. The molecule has 0 radical (unpaired) electrons. The highest BCUT2D eigenvalue weighted by Crippen LogP contribution is 2.56. The van der Waals surface area contributed by atoms with Crippen LogP contribution in [0.15, 0.2) is 0 Å². The molecule has 0 saturated heterocycles. The van der Waals surface area contributed by atoms with Crippen molar-refractivity contribution in [2.75, 3.05) is 6.54 Å². The van der Waals surface area contributed by atoms with Crippen LogP contribution in [0.2, 0.25) is 0 Å². The summed E-state index contributed by atoms with van der Waals surface area (Å²) in [4.78, 5) is 0. The molecule has 2 aliphatic carbocycles. The monoisotopic (exact) mass is 239 g/mol. The lowest BCUT2D eigenvalue weighted by molar-refractivity contribution is -0.131. The van der Waals surface area contributed by atoms with Crippen molar-refractivity contribution in [1.29, 1.82) is 0 Å². The summed E-state index contributed by atoms with van der Waals surface area (Å²) in [6, 6.07) is 0. The van der Waals surface area contributed by atoms with E-state index in [2.05, 4.69) is 20.8 Å². The quantitative estimate of drug-likeness (QED) is 0.778. The lowest BCUT2D eigenvalue weighted by Crippen LogP contribution is -2.56. The van der Waals surface area contributed by atoms with Gasteiger partial charge in [0, 0.05) is 12.0 Å². The van der Waals surface area contributed by atoms with Crippen LogP contribution in [-0.4, -0.2) is 17.3 Å². The number of hydrogen-bond donors (Lipinski definition) is 2. The predicted molar refractivity (Wildman–Crippen MR) is 71.7 cm³/mol. The van der Waals surface area contributed by atoms with Crippen LogP contribution in [0.25, 0.3) is 0 Å². The lowest BCUT2D eigenvalue weighted by atomic mass is 9.56. The second-order valence-electron chi connectivity index (χ2n) is 7.37. The summed E-state index contributed by atoms with van der Waals surface area (Å²) in [5, 5.41) is 11.1. The molecule has 3 N–H and O–H groups in total. The van der Waals surface area contributed by atoms with Gasteiger partial charge < -0.3 is 10.8 Å². The molecular formula is C15H29NO. The first kappa shape index (κ1) is 13.4. The van der Waals surface area contributed by atoms with Gasteiger partial charge in [-0.15, -0.1) is 0 Å². The van der Waals surface area contributed by atoms with Crippen molar-refractivity contribution in [1.82, 2.24) is 0 Å². The summed E-state index contributed by atoms with van der Waals surface area (Å²) in [5.41, 5.74) is 6.05. The SMILES string of the molecule is CC1CCCC1(O)C1(CN)CCC(C)(C)CC1. The summed E-state index contributed by atoms with van der Waals surface area (Å²) in [7, 11) is 0. The van der Waals surface area contributed by atoms with Gasteiger partial charge in [0.15, 0.2) is 0 Å². The van der Waals surface area contributed by atoms with Gasteiger partial charge in [-0.3, -0.25) is 0 Å². The van der Waals surface area contributed by atoms with Crippen LogP contribution in [-0.2, 0) is 0 Å². The van der Waals surface area contributed by atoms with Crippen LogP contribution >= 0.6 is 0 Å². The highest BCUT2D eigenvalue weighted by molar-refractivity contribution is 5.07. The van der Waals surface area contributed by atoms with Gasteiger partial charge in [-0.05, 0) is 49.9 Å². The minimum absolute atomic E-state index is 0.00155. The average molecular weight is 239 g/mol. The van der Waals surface area contributed by atoms with Gasteiger partial charge in [0.2, 0.25) is 0 Å². The van der Waals surface area contributed by atoms with Crippen LogP contribution in [0, 0.1) is 16.7 Å². The first-order chi connectivity index (χ1) is 7.85. The van der Waals surface area contributed by atoms with Crippen molar-refractivity contribution in [2.45, 2.75) is 71.3 Å². The predicted octanol–water partition coefficient (Wildman–Crippen LogP) is 3.08. The highest BCUT2D eigenvalue weighted by atomic mass is 16.3. The van der Waals surface area contributed by atoms with Gasteiger partial charge in [-0.1, -0.05) is 27.2 Å². The number of aliphatic hydroxyl groups is 1. The Labute approximate surface area is 106 Å². The van der Waals surface area contributed by atoms with Gasteiger partial charge in [0.05, 0.1) is 5.60 Å². The van der Waals surface area contributed by atoms with Gasteiger partial charge in [0.1, 0.15) is 0 Å². The molecule has 2 fully saturated rings. The zero-order chi connectivity index (χ0) is 12.7. The molecule has 0 aromatic heterocycles. The fraction of sp³-hybridized carbons (Fsp3) is 1.00. The van der Waals surface area contributed by atoms with E-state index in [0.29, 0.717) is 17.9 Å². The van der Waals surface area contributed by atoms with Crippen LogP contribution < -0.4 is 5.73 Å². The molecule has 100 valence electrons. The molecule has 2 saturated carbocycles. The second kappa shape index (κ2) is 4.24. The Morgan fingerprint density at radius 2 is 1.71 bits per heavy atom. The molecule has 0 heterocycles. The Morgan fingerprint density at radius 3 is 2.12 bits per heavy atom. The fourth-order valence-electron chi connectivity index (χ4n) is 4.17. The van der Waals surface area contributed by atoms with Gasteiger partial charge in [0.25, 0.3) is 0 Å². The van der Waals surface area contributed by atoms with E-state index in [4.69, 9.17) is 5.73 Å². The Morgan fingerprint density at radius 1 is 1.12 bits per heavy atom. The molecule has 0 aliphatic heterocycles. The maximum atomic E-state index is 11.1. The van der Waals surface area contributed by atoms with Crippen LogP contribution in [0.5, 0.6) is 0 Å². The number of hydrogen-bond acceptors (Lipinski definition) is 2. The van der Waals surface area contributed by atoms with Crippen molar-refractivity contribution in [3.05, 3.63) is 0 Å².